The van der Waals surface area contributed by atoms with E-state index in [1.165, 1.54) is 0 Å². The number of rotatable bonds is 7. The normalized spacial score (nSPS) is 18.7. The molecule has 1 aliphatic rings. The van der Waals surface area contributed by atoms with Gasteiger partial charge >= 0.3 is 0 Å². The lowest BCUT2D eigenvalue weighted by Gasteiger charge is -2.34. The summed E-state index contributed by atoms with van der Waals surface area (Å²) < 4.78 is 28.2. The van der Waals surface area contributed by atoms with E-state index in [9.17, 15) is 13.2 Å². The third-order valence-electron chi connectivity index (χ3n) is 4.26. The second-order valence-electron chi connectivity index (χ2n) is 6.56. The van der Waals surface area contributed by atoms with Crippen molar-refractivity contribution in [3.05, 3.63) is 29.3 Å². The molecule has 148 valence electrons. The lowest BCUT2D eigenvalue weighted by molar-refractivity contribution is -0.134. The highest BCUT2D eigenvalue weighted by atomic mass is 35.5. The molecule has 1 aliphatic heterocycles. The van der Waals surface area contributed by atoms with Crippen LogP contribution in [0.2, 0.25) is 5.02 Å². The maximum Gasteiger partial charge on any atom is 0.239 e. The highest BCUT2D eigenvalue weighted by Gasteiger charge is 2.28. The fourth-order valence-electron chi connectivity index (χ4n) is 2.87. The molecule has 0 aromatic heterocycles. The van der Waals surface area contributed by atoms with Gasteiger partial charge in [-0.2, -0.15) is 0 Å². The van der Waals surface area contributed by atoms with E-state index in [0.29, 0.717) is 30.5 Å². The minimum absolute atomic E-state index is 0. The number of likely N-dealkylation sites (tertiary alicyclic amines) is 1. The van der Waals surface area contributed by atoms with Crippen molar-refractivity contribution in [2.45, 2.75) is 25.3 Å². The molecule has 2 unspecified atom stereocenters. The van der Waals surface area contributed by atoms with Gasteiger partial charge in [-0.3, -0.25) is 4.79 Å². The summed E-state index contributed by atoms with van der Waals surface area (Å²) in [4.78, 5) is 14.2. The number of nitrogens with zero attached hydrogens (tertiary/aromatic N) is 1. The molecule has 9 heteroatoms. The minimum atomic E-state index is -3.12. The van der Waals surface area contributed by atoms with Gasteiger partial charge in [0.2, 0.25) is 5.91 Å². The van der Waals surface area contributed by atoms with Gasteiger partial charge < -0.3 is 15.4 Å². The van der Waals surface area contributed by atoms with Gasteiger partial charge in [-0.1, -0.05) is 23.7 Å². The zero-order valence-corrected chi connectivity index (χ0v) is 17.2. The molecule has 0 aliphatic carbocycles. The molecule has 2 N–H and O–H groups in total. The zero-order valence-electron chi connectivity index (χ0n) is 14.8. The number of carbonyl (C=O) groups is 1. The lowest BCUT2D eigenvalue weighted by Crippen LogP contribution is -2.49. The number of halogens is 2. The van der Waals surface area contributed by atoms with E-state index >= 15 is 0 Å². The summed E-state index contributed by atoms with van der Waals surface area (Å²) in [5.74, 6) is 0.576. The number of para-hydroxylation sites is 1. The summed E-state index contributed by atoms with van der Waals surface area (Å²) in [7, 11) is -3.12. The monoisotopic (exact) mass is 424 g/mol. The molecule has 0 spiro atoms. The Kier molecular flexibility index (Phi) is 9.16. The van der Waals surface area contributed by atoms with E-state index in [1.54, 1.807) is 11.0 Å². The van der Waals surface area contributed by atoms with Crippen molar-refractivity contribution in [3.8, 4) is 5.75 Å². The molecule has 2 atom stereocenters. The van der Waals surface area contributed by atoms with Gasteiger partial charge in [0.1, 0.15) is 15.6 Å². The highest BCUT2D eigenvalue weighted by molar-refractivity contribution is 7.90. The number of amides is 1. The zero-order chi connectivity index (χ0) is 18.4. The Labute approximate surface area is 166 Å². The van der Waals surface area contributed by atoms with Crippen molar-refractivity contribution >= 4 is 39.8 Å². The van der Waals surface area contributed by atoms with Crippen LogP contribution in [0.1, 0.15) is 19.3 Å². The van der Waals surface area contributed by atoms with Crippen LogP contribution in [0.25, 0.3) is 0 Å². The number of nitrogens with two attached hydrogens (primary N) is 1. The van der Waals surface area contributed by atoms with Crippen molar-refractivity contribution in [2.24, 2.45) is 11.7 Å². The predicted molar refractivity (Wildman–Crippen MR) is 106 cm³/mol. The van der Waals surface area contributed by atoms with Crippen molar-refractivity contribution in [1.82, 2.24) is 4.90 Å². The standard InChI is InChI=1S/C17H25ClN2O4S.ClH/c1-25(22,23)10-8-15(19)17(21)20-9-4-5-13(11-20)12-24-16-7-3-2-6-14(16)18;/h2-3,6-7,13,15H,4-5,8-12,19H2,1H3;1H. The average Bonchev–Trinajstić information content (AvgIpc) is 2.58. The summed E-state index contributed by atoms with van der Waals surface area (Å²) in [6.07, 6.45) is 3.13. The Morgan fingerprint density at radius 3 is 2.77 bits per heavy atom. The molecule has 1 aromatic rings. The molecule has 0 radical (unpaired) electrons. The third kappa shape index (κ3) is 7.31. The van der Waals surface area contributed by atoms with E-state index < -0.39 is 15.9 Å². The van der Waals surface area contributed by atoms with Gasteiger partial charge in [-0.05, 0) is 31.4 Å². The van der Waals surface area contributed by atoms with Gasteiger partial charge in [-0.25, -0.2) is 8.42 Å². The summed E-state index contributed by atoms with van der Waals surface area (Å²) in [5, 5.41) is 0.564. The molecular formula is C17H26Cl2N2O4S. The van der Waals surface area contributed by atoms with Crippen LogP contribution in [0.4, 0.5) is 0 Å². The number of ether oxygens (including phenoxy) is 1. The molecule has 0 saturated carbocycles. The fraction of sp³-hybridized carbons (Fsp3) is 0.588. The topological polar surface area (TPSA) is 89.7 Å². The molecule has 26 heavy (non-hydrogen) atoms. The van der Waals surface area contributed by atoms with Crippen LogP contribution in [-0.4, -0.2) is 57.0 Å². The van der Waals surface area contributed by atoms with Gasteiger partial charge in [0.05, 0.1) is 23.4 Å². The summed E-state index contributed by atoms with van der Waals surface area (Å²) in [6.45, 7) is 1.69. The molecule has 1 heterocycles. The summed E-state index contributed by atoms with van der Waals surface area (Å²) >= 11 is 6.08. The second-order valence-corrected chi connectivity index (χ2v) is 9.23. The molecule has 1 amide bonds. The maximum atomic E-state index is 12.4. The molecule has 1 aromatic carbocycles. The van der Waals surface area contributed by atoms with E-state index in [4.69, 9.17) is 22.1 Å². The first kappa shape index (κ1) is 23.0. The number of hydrogen-bond donors (Lipinski definition) is 1. The Bertz CT molecular complexity index is 700. The molecule has 0 bridgehead atoms. The maximum absolute atomic E-state index is 12.4. The highest BCUT2D eigenvalue weighted by Crippen LogP contribution is 2.25. The number of piperidine rings is 1. The van der Waals surface area contributed by atoms with Crippen molar-refractivity contribution < 1.29 is 17.9 Å². The largest absolute Gasteiger partial charge is 0.492 e. The molecule has 6 nitrogen and oxygen atoms in total. The van der Waals surface area contributed by atoms with Crippen molar-refractivity contribution in [2.75, 3.05) is 31.7 Å². The van der Waals surface area contributed by atoms with E-state index in [1.807, 2.05) is 18.2 Å². The van der Waals surface area contributed by atoms with Gasteiger partial charge in [0.15, 0.2) is 0 Å². The van der Waals surface area contributed by atoms with Crippen molar-refractivity contribution in [3.63, 3.8) is 0 Å². The smallest absolute Gasteiger partial charge is 0.239 e. The number of hydrogen-bond acceptors (Lipinski definition) is 5. The Hall–Kier alpha value is -1.02. The van der Waals surface area contributed by atoms with E-state index in [0.717, 1.165) is 19.1 Å². The first-order valence-electron chi connectivity index (χ1n) is 8.35. The average molecular weight is 425 g/mol. The van der Waals surface area contributed by atoms with Crippen LogP contribution in [-0.2, 0) is 14.6 Å². The second kappa shape index (κ2) is 10.3. The summed E-state index contributed by atoms with van der Waals surface area (Å²) in [6, 6.07) is 6.51. The summed E-state index contributed by atoms with van der Waals surface area (Å²) in [5.41, 5.74) is 5.88. The van der Waals surface area contributed by atoms with Crippen LogP contribution in [0.15, 0.2) is 24.3 Å². The van der Waals surface area contributed by atoms with Crippen LogP contribution in [0.3, 0.4) is 0 Å². The third-order valence-corrected chi connectivity index (χ3v) is 5.55. The van der Waals surface area contributed by atoms with Gasteiger partial charge in [-0.15, -0.1) is 12.4 Å². The van der Waals surface area contributed by atoms with Gasteiger partial charge in [0.25, 0.3) is 0 Å². The van der Waals surface area contributed by atoms with Gasteiger partial charge in [0, 0.05) is 25.3 Å². The van der Waals surface area contributed by atoms with Crippen LogP contribution in [0, 0.1) is 5.92 Å². The van der Waals surface area contributed by atoms with E-state index in [-0.39, 0.29) is 36.4 Å². The van der Waals surface area contributed by atoms with Crippen LogP contribution in [0.5, 0.6) is 5.75 Å². The molecular weight excluding hydrogens is 399 g/mol. The van der Waals surface area contributed by atoms with Crippen LogP contribution < -0.4 is 10.5 Å². The van der Waals surface area contributed by atoms with E-state index in [2.05, 4.69) is 0 Å². The Morgan fingerprint density at radius 1 is 1.42 bits per heavy atom. The number of sulfone groups is 1. The molecule has 1 saturated heterocycles. The number of benzene rings is 1. The first-order chi connectivity index (χ1) is 11.8. The van der Waals surface area contributed by atoms with Crippen molar-refractivity contribution in [1.29, 1.82) is 0 Å². The molecule has 1 fully saturated rings. The minimum Gasteiger partial charge on any atom is -0.492 e. The fourth-order valence-corrected chi connectivity index (χ4v) is 3.74. The number of carbonyl (C=O) groups excluding carboxylic acids is 1. The van der Waals surface area contributed by atoms with Crippen LogP contribution >= 0.6 is 24.0 Å². The first-order valence-corrected chi connectivity index (χ1v) is 10.8. The Morgan fingerprint density at radius 2 is 2.12 bits per heavy atom. The SMILES string of the molecule is CS(=O)(=O)CCC(N)C(=O)N1CCCC(COc2ccccc2Cl)C1.Cl. The quantitative estimate of drug-likeness (QED) is 0.723. The molecule has 2 rings (SSSR count). The Balaban J connectivity index is 0.00000338. The predicted octanol–water partition coefficient (Wildman–Crippen LogP) is 2.14. The lowest BCUT2D eigenvalue weighted by atomic mass is 9.98.